The largest absolute Gasteiger partial charge is 0.488 e. The SMILES string of the molecule is Cc1ccc(F)cc1OCc1cccc(C#N)c1F. The molecule has 2 nitrogen and oxygen atoms in total. The molecule has 0 fully saturated rings. The number of aryl methyl sites for hydroxylation is 1. The molecule has 0 aliphatic carbocycles. The van der Waals surface area contributed by atoms with Crippen LogP contribution in [0.4, 0.5) is 8.78 Å². The van der Waals surface area contributed by atoms with Gasteiger partial charge in [-0.25, -0.2) is 8.78 Å². The second-order valence-corrected chi connectivity index (χ2v) is 4.09. The van der Waals surface area contributed by atoms with E-state index in [0.717, 1.165) is 5.56 Å². The molecule has 0 unspecified atom stereocenters. The lowest BCUT2D eigenvalue weighted by atomic mass is 10.1. The van der Waals surface area contributed by atoms with Crippen molar-refractivity contribution in [2.24, 2.45) is 0 Å². The van der Waals surface area contributed by atoms with Crippen LogP contribution in [0.1, 0.15) is 16.7 Å². The van der Waals surface area contributed by atoms with Crippen molar-refractivity contribution in [2.45, 2.75) is 13.5 Å². The second kappa shape index (κ2) is 5.49. The maximum absolute atomic E-state index is 13.8. The highest BCUT2D eigenvalue weighted by Crippen LogP contribution is 2.21. The highest BCUT2D eigenvalue weighted by molar-refractivity contribution is 5.36. The van der Waals surface area contributed by atoms with E-state index in [4.69, 9.17) is 10.00 Å². The molecule has 2 aromatic rings. The first-order valence-electron chi connectivity index (χ1n) is 5.68. The normalized spacial score (nSPS) is 10.0. The van der Waals surface area contributed by atoms with Gasteiger partial charge in [0.25, 0.3) is 0 Å². The van der Waals surface area contributed by atoms with Crippen molar-refractivity contribution in [1.82, 2.24) is 0 Å². The van der Waals surface area contributed by atoms with Crippen LogP contribution >= 0.6 is 0 Å². The summed E-state index contributed by atoms with van der Waals surface area (Å²) in [4.78, 5) is 0. The molecule has 96 valence electrons. The Morgan fingerprint density at radius 1 is 1.21 bits per heavy atom. The van der Waals surface area contributed by atoms with Crippen LogP contribution in [0.3, 0.4) is 0 Å². The summed E-state index contributed by atoms with van der Waals surface area (Å²) in [5.74, 6) is -0.646. The third-order valence-electron chi connectivity index (χ3n) is 2.73. The number of halogens is 2. The molecule has 0 heterocycles. The summed E-state index contributed by atoms with van der Waals surface area (Å²) in [6, 6.07) is 10.4. The van der Waals surface area contributed by atoms with Gasteiger partial charge in [-0.3, -0.25) is 0 Å². The van der Waals surface area contributed by atoms with Gasteiger partial charge in [0.2, 0.25) is 0 Å². The van der Waals surface area contributed by atoms with E-state index in [1.54, 1.807) is 25.1 Å². The molecule has 19 heavy (non-hydrogen) atoms. The Labute approximate surface area is 109 Å². The lowest BCUT2D eigenvalue weighted by Gasteiger charge is -2.10. The zero-order valence-electron chi connectivity index (χ0n) is 10.3. The summed E-state index contributed by atoms with van der Waals surface area (Å²) in [5, 5.41) is 8.73. The molecule has 0 spiro atoms. The van der Waals surface area contributed by atoms with E-state index >= 15 is 0 Å². The number of ether oxygens (including phenoxy) is 1. The summed E-state index contributed by atoms with van der Waals surface area (Å²) >= 11 is 0. The van der Waals surface area contributed by atoms with E-state index in [1.807, 2.05) is 0 Å². The van der Waals surface area contributed by atoms with Crippen molar-refractivity contribution < 1.29 is 13.5 Å². The van der Waals surface area contributed by atoms with Crippen molar-refractivity contribution in [2.75, 3.05) is 0 Å². The van der Waals surface area contributed by atoms with Gasteiger partial charge in [-0.1, -0.05) is 18.2 Å². The third-order valence-corrected chi connectivity index (χ3v) is 2.73. The molecule has 0 aromatic heterocycles. The number of nitriles is 1. The molecule has 2 aromatic carbocycles. The van der Waals surface area contributed by atoms with E-state index in [0.29, 0.717) is 5.75 Å². The van der Waals surface area contributed by atoms with Gasteiger partial charge in [-0.05, 0) is 24.6 Å². The summed E-state index contributed by atoms with van der Waals surface area (Å²) in [7, 11) is 0. The Bertz CT molecular complexity index is 647. The van der Waals surface area contributed by atoms with Crippen molar-refractivity contribution in [3.05, 3.63) is 64.7 Å². The van der Waals surface area contributed by atoms with Crippen molar-refractivity contribution in [3.8, 4) is 11.8 Å². The number of benzene rings is 2. The van der Waals surface area contributed by atoms with Gasteiger partial charge in [0, 0.05) is 11.6 Å². The van der Waals surface area contributed by atoms with E-state index in [9.17, 15) is 8.78 Å². The van der Waals surface area contributed by atoms with Gasteiger partial charge < -0.3 is 4.74 Å². The molecule has 2 rings (SSSR count). The Balaban J connectivity index is 2.20. The summed E-state index contributed by atoms with van der Waals surface area (Å²) < 4.78 is 32.2. The standard InChI is InChI=1S/C15H11F2NO/c1-10-5-6-13(16)7-14(10)19-9-12-4-2-3-11(8-18)15(12)17/h2-7H,9H2,1H3. The molecule has 4 heteroatoms. The molecule has 0 bridgehead atoms. The fraction of sp³-hybridized carbons (Fsp3) is 0.133. The summed E-state index contributed by atoms with van der Waals surface area (Å²) in [6.07, 6.45) is 0. The lowest BCUT2D eigenvalue weighted by Crippen LogP contribution is -2.01. The van der Waals surface area contributed by atoms with Gasteiger partial charge in [-0.15, -0.1) is 0 Å². The second-order valence-electron chi connectivity index (χ2n) is 4.09. The van der Waals surface area contributed by atoms with Gasteiger partial charge in [-0.2, -0.15) is 5.26 Å². The van der Waals surface area contributed by atoms with E-state index in [1.165, 1.54) is 24.3 Å². The van der Waals surface area contributed by atoms with Crippen LogP contribution in [-0.4, -0.2) is 0 Å². The highest BCUT2D eigenvalue weighted by atomic mass is 19.1. The molecule has 0 saturated carbocycles. The molecule has 0 radical (unpaired) electrons. The van der Waals surface area contributed by atoms with Gasteiger partial charge in [0.1, 0.15) is 30.1 Å². The Hall–Kier alpha value is -2.41. The van der Waals surface area contributed by atoms with Gasteiger partial charge in [0.15, 0.2) is 0 Å². The summed E-state index contributed by atoms with van der Waals surface area (Å²) in [5.41, 5.74) is 0.998. The minimum absolute atomic E-state index is 0.0305. The first-order chi connectivity index (χ1) is 9.11. The van der Waals surface area contributed by atoms with Crippen LogP contribution in [0.5, 0.6) is 5.75 Å². The van der Waals surface area contributed by atoms with E-state index in [-0.39, 0.29) is 17.7 Å². The lowest BCUT2D eigenvalue weighted by molar-refractivity contribution is 0.296. The molecule has 0 aliphatic heterocycles. The molecule has 0 atom stereocenters. The van der Waals surface area contributed by atoms with Crippen LogP contribution in [0.15, 0.2) is 36.4 Å². The first-order valence-corrected chi connectivity index (χ1v) is 5.68. The van der Waals surface area contributed by atoms with Gasteiger partial charge in [0.05, 0.1) is 5.56 Å². The van der Waals surface area contributed by atoms with Gasteiger partial charge >= 0.3 is 0 Å². The molecular weight excluding hydrogens is 248 g/mol. The predicted octanol–water partition coefficient (Wildman–Crippen LogP) is 3.72. The maximum atomic E-state index is 13.8. The minimum Gasteiger partial charge on any atom is -0.488 e. The first kappa shape index (κ1) is 13.0. The fourth-order valence-corrected chi connectivity index (χ4v) is 1.66. The Morgan fingerprint density at radius 2 is 2.00 bits per heavy atom. The molecule has 0 aliphatic rings. The molecule has 0 amide bonds. The minimum atomic E-state index is -0.598. The van der Waals surface area contributed by atoms with Crippen LogP contribution < -0.4 is 4.74 Å². The smallest absolute Gasteiger partial charge is 0.147 e. The third kappa shape index (κ3) is 2.89. The van der Waals surface area contributed by atoms with Crippen LogP contribution in [0, 0.1) is 29.9 Å². The molecule has 0 N–H and O–H groups in total. The van der Waals surface area contributed by atoms with Crippen molar-refractivity contribution >= 4 is 0 Å². The molecule has 0 saturated heterocycles. The highest BCUT2D eigenvalue weighted by Gasteiger charge is 2.09. The number of rotatable bonds is 3. The average molecular weight is 259 g/mol. The Morgan fingerprint density at radius 3 is 2.74 bits per heavy atom. The predicted molar refractivity (Wildman–Crippen MR) is 66.6 cm³/mol. The number of nitrogens with zero attached hydrogens (tertiary/aromatic N) is 1. The van der Waals surface area contributed by atoms with E-state index < -0.39 is 11.6 Å². The topological polar surface area (TPSA) is 33.0 Å². The zero-order chi connectivity index (χ0) is 13.8. The Kier molecular flexibility index (Phi) is 3.76. The van der Waals surface area contributed by atoms with Crippen molar-refractivity contribution in [3.63, 3.8) is 0 Å². The number of hydrogen-bond donors (Lipinski definition) is 0. The van der Waals surface area contributed by atoms with Crippen LogP contribution in [0.2, 0.25) is 0 Å². The maximum Gasteiger partial charge on any atom is 0.147 e. The van der Waals surface area contributed by atoms with E-state index in [2.05, 4.69) is 0 Å². The van der Waals surface area contributed by atoms with Crippen LogP contribution in [0.25, 0.3) is 0 Å². The molecular formula is C15H11F2NO. The number of hydrogen-bond acceptors (Lipinski definition) is 2. The van der Waals surface area contributed by atoms with Crippen molar-refractivity contribution in [1.29, 1.82) is 5.26 Å². The quantitative estimate of drug-likeness (QED) is 0.841. The average Bonchev–Trinajstić information content (AvgIpc) is 2.41. The zero-order valence-corrected chi connectivity index (χ0v) is 10.3. The fourth-order valence-electron chi connectivity index (χ4n) is 1.66. The van der Waals surface area contributed by atoms with Crippen LogP contribution in [-0.2, 0) is 6.61 Å². The summed E-state index contributed by atoms with van der Waals surface area (Å²) in [6.45, 7) is 1.72. The monoisotopic (exact) mass is 259 g/mol.